The molecule has 3 rings (SSSR count). The van der Waals surface area contributed by atoms with Gasteiger partial charge in [-0.15, -0.1) is 0 Å². The number of hydrogen-bond donors (Lipinski definition) is 3. The van der Waals surface area contributed by atoms with Crippen molar-refractivity contribution < 1.29 is 28.7 Å². The number of nitrogens with one attached hydrogen (secondary N) is 3. The van der Waals surface area contributed by atoms with E-state index >= 15 is 0 Å². The lowest BCUT2D eigenvalue weighted by Gasteiger charge is -2.22. The highest BCUT2D eigenvalue weighted by molar-refractivity contribution is 6.23. The quantitative estimate of drug-likeness (QED) is 0.483. The lowest BCUT2D eigenvalue weighted by Crippen LogP contribution is -2.45. The summed E-state index contributed by atoms with van der Waals surface area (Å²) < 4.78 is 5.12. The molecule has 36 heavy (non-hydrogen) atoms. The van der Waals surface area contributed by atoms with Crippen molar-refractivity contribution in [2.24, 2.45) is 0 Å². The van der Waals surface area contributed by atoms with Crippen molar-refractivity contribution in [3.05, 3.63) is 65.2 Å². The Morgan fingerprint density at radius 2 is 1.50 bits per heavy atom. The van der Waals surface area contributed by atoms with Gasteiger partial charge in [0, 0.05) is 25.2 Å². The molecule has 0 fully saturated rings. The normalized spacial score (nSPS) is 13.6. The minimum atomic E-state index is -1.04. The molecule has 1 unspecified atom stereocenters. The number of alkyl carbamates (subject to hydrolysis) is 1. The van der Waals surface area contributed by atoms with E-state index < -0.39 is 35.5 Å². The predicted octanol–water partition coefficient (Wildman–Crippen LogP) is 2.84. The molecule has 0 saturated heterocycles. The van der Waals surface area contributed by atoms with Gasteiger partial charge >= 0.3 is 6.09 Å². The fourth-order valence-corrected chi connectivity index (χ4v) is 3.58. The van der Waals surface area contributed by atoms with Gasteiger partial charge in [0.05, 0.1) is 11.1 Å². The average molecular weight is 495 g/mol. The number of imide groups is 1. The van der Waals surface area contributed by atoms with Crippen molar-refractivity contribution in [2.75, 3.05) is 11.9 Å². The summed E-state index contributed by atoms with van der Waals surface area (Å²) >= 11 is 0. The molecular weight excluding hydrogens is 464 g/mol. The van der Waals surface area contributed by atoms with Crippen LogP contribution in [-0.2, 0) is 20.9 Å². The average Bonchev–Trinajstić information content (AvgIpc) is 3.07. The summed E-state index contributed by atoms with van der Waals surface area (Å²) in [6, 6.07) is 12.3. The molecule has 10 heteroatoms. The van der Waals surface area contributed by atoms with Crippen molar-refractivity contribution in [3.63, 3.8) is 0 Å². The molecule has 2 aromatic rings. The topological polar surface area (TPSA) is 134 Å². The van der Waals surface area contributed by atoms with E-state index in [9.17, 15) is 24.0 Å². The summed E-state index contributed by atoms with van der Waals surface area (Å²) in [5.74, 6) is -1.87. The number of para-hydroxylation sites is 1. The van der Waals surface area contributed by atoms with Gasteiger partial charge in [-0.1, -0.05) is 30.3 Å². The van der Waals surface area contributed by atoms with Crippen LogP contribution in [0.15, 0.2) is 48.5 Å². The lowest BCUT2D eigenvalue weighted by atomic mass is 10.1. The number of carbonyl (C=O) groups is 5. The number of rotatable bonds is 8. The minimum Gasteiger partial charge on any atom is -0.444 e. The number of benzene rings is 2. The molecule has 1 heterocycles. The largest absolute Gasteiger partial charge is 0.444 e. The standard InChI is InChI=1S/C26H30N4O6/c1-16(30-23(33)18-10-6-7-11-19(18)24(30)34)22(32)29-20-12-8-5-9-17(20)15-28-21(31)13-14-27-25(35)36-26(2,3)4/h5-12,16H,13-15H2,1-4H3,(H,27,35)(H,28,31)(H,29,32). The molecule has 1 atom stereocenters. The zero-order chi connectivity index (χ0) is 26.5. The summed E-state index contributed by atoms with van der Waals surface area (Å²) in [7, 11) is 0. The predicted molar refractivity (Wildman–Crippen MR) is 132 cm³/mol. The van der Waals surface area contributed by atoms with Gasteiger partial charge in [-0.3, -0.25) is 24.1 Å². The molecule has 0 bridgehead atoms. The van der Waals surface area contributed by atoms with Gasteiger partial charge in [0.15, 0.2) is 0 Å². The number of amides is 5. The molecule has 10 nitrogen and oxygen atoms in total. The second-order valence-electron chi connectivity index (χ2n) is 9.30. The van der Waals surface area contributed by atoms with E-state index in [1.807, 2.05) is 0 Å². The third-order valence-electron chi connectivity index (χ3n) is 5.36. The van der Waals surface area contributed by atoms with E-state index in [-0.39, 0.29) is 36.5 Å². The first-order chi connectivity index (χ1) is 17.0. The van der Waals surface area contributed by atoms with Crippen LogP contribution in [0.2, 0.25) is 0 Å². The zero-order valence-corrected chi connectivity index (χ0v) is 20.7. The van der Waals surface area contributed by atoms with Crippen LogP contribution < -0.4 is 16.0 Å². The van der Waals surface area contributed by atoms with Gasteiger partial charge in [-0.25, -0.2) is 4.79 Å². The highest BCUT2D eigenvalue weighted by Gasteiger charge is 2.40. The van der Waals surface area contributed by atoms with Gasteiger partial charge in [0.25, 0.3) is 11.8 Å². The smallest absolute Gasteiger partial charge is 0.407 e. The Kier molecular flexibility index (Phi) is 8.08. The number of anilines is 1. The van der Waals surface area contributed by atoms with Crippen LogP contribution in [0.4, 0.5) is 10.5 Å². The fraction of sp³-hybridized carbons (Fsp3) is 0.346. The Bertz CT molecular complexity index is 1150. The van der Waals surface area contributed by atoms with Gasteiger partial charge < -0.3 is 20.7 Å². The van der Waals surface area contributed by atoms with Crippen molar-refractivity contribution in [1.82, 2.24) is 15.5 Å². The van der Waals surface area contributed by atoms with Gasteiger partial charge in [-0.2, -0.15) is 0 Å². The molecule has 0 radical (unpaired) electrons. The zero-order valence-electron chi connectivity index (χ0n) is 20.7. The molecule has 0 aliphatic carbocycles. The molecule has 0 spiro atoms. The molecule has 1 aliphatic rings. The molecule has 190 valence electrons. The number of hydrogen-bond acceptors (Lipinski definition) is 6. The van der Waals surface area contributed by atoms with E-state index in [0.29, 0.717) is 11.3 Å². The Hall–Kier alpha value is -4.21. The maximum Gasteiger partial charge on any atom is 0.407 e. The number of carbonyl (C=O) groups excluding carboxylic acids is 5. The second kappa shape index (κ2) is 11.0. The SMILES string of the molecule is CC(C(=O)Nc1ccccc1CNC(=O)CCNC(=O)OC(C)(C)C)N1C(=O)c2ccccc2C1=O. The molecule has 0 aromatic heterocycles. The van der Waals surface area contributed by atoms with E-state index in [0.717, 1.165) is 4.90 Å². The Balaban J connectivity index is 1.55. The molecule has 5 amide bonds. The Morgan fingerprint density at radius 3 is 2.11 bits per heavy atom. The summed E-state index contributed by atoms with van der Waals surface area (Å²) in [4.78, 5) is 63.1. The molecule has 1 aliphatic heterocycles. The fourth-order valence-electron chi connectivity index (χ4n) is 3.58. The van der Waals surface area contributed by atoms with Crippen molar-refractivity contribution in [3.8, 4) is 0 Å². The molecule has 0 saturated carbocycles. The van der Waals surface area contributed by atoms with Crippen LogP contribution in [0.25, 0.3) is 0 Å². The summed E-state index contributed by atoms with van der Waals surface area (Å²) in [5, 5.41) is 8.01. The number of nitrogens with zero attached hydrogens (tertiary/aromatic N) is 1. The van der Waals surface area contributed by atoms with Crippen LogP contribution >= 0.6 is 0 Å². The third-order valence-corrected chi connectivity index (χ3v) is 5.36. The van der Waals surface area contributed by atoms with Crippen LogP contribution in [0.5, 0.6) is 0 Å². The highest BCUT2D eigenvalue weighted by atomic mass is 16.6. The summed E-state index contributed by atoms with van der Waals surface area (Å²) in [5.41, 5.74) is 0.988. The van der Waals surface area contributed by atoms with E-state index in [1.54, 1.807) is 69.3 Å². The summed E-state index contributed by atoms with van der Waals surface area (Å²) in [6.45, 7) is 6.96. The maximum absolute atomic E-state index is 12.9. The third kappa shape index (κ3) is 6.47. The van der Waals surface area contributed by atoms with Crippen molar-refractivity contribution in [2.45, 2.75) is 52.3 Å². The number of ether oxygens (including phenoxy) is 1. The Morgan fingerprint density at radius 1 is 0.917 bits per heavy atom. The minimum absolute atomic E-state index is 0.0462. The van der Waals surface area contributed by atoms with Crippen molar-refractivity contribution in [1.29, 1.82) is 0 Å². The van der Waals surface area contributed by atoms with Crippen LogP contribution in [0.1, 0.15) is 60.4 Å². The molecule has 3 N–H and O–H groups in total. The van der Waals surface area contributed by atoms with Gasteiger partial charge in [0.2, 0.25) is 11.8 Å². The van der Waals surface area contributed by atoms with E-state index in [1.165, 1.54) is 6.92 Å². The monoisotopic (exact) mass is 494 g/mol. The first-order valence-electron chi connectivity index (χ1n) is 11.6. The van der Waals surface area contributed by atoms with E-state index in [2.05, 4.69) is 16.0 Å². The highest BCUT2D eigenvalue weighted by Crippen LogP contribution is 2.25. The second-order valence-corrected chi connectivity index (χ2v) is 9.30. The first kappa shape index (κ1) is 26.4. The van der Waals surface area contributed by atoms with Crippen LogP contribution in [0.3, 0.4) is 0 Å². The summed E-state index contributed by atoms with van der Waals surface area (Å²) in [6.07, 6.45) is -0.555. The van der Waals surface area contributed by atoms with Gasteiger partial charge in [0.1, 0.15) is 11.6 Å². The lowest BCUT2D eigenvalue weighted by molar-refractivity contribution is -0.121. The maximum atomic E-state index is 12.9. The van der Waals surface area contributed by atoms with Crippen molar-refractivity contribution >= 4 is 35.4 Å². The number of fused-ring (bicyclic) bond motifs is 1. The Labute approximate surface area is 209 Å². The molecule has 2 aromatic carbocycles. The van der Waals surface area contributed by atoms with Gasteiger partial charge in [-0.05, 0) is 51.5 Å². The van der Waals surface area contributed by atoms with Crippen LogP contribution in [-0.4, -0.2) is 52.8 Å². The molecular formula is C26H30N4O6. The van der Waals surface area contributed by atoms with E-state index in [4.69, 9.17) is 4.74 Å². The first-order valence-corrected chi connectivity index (χ1v) is 11.6. The van der Waals surface area contributed by atoms with Crippen LogP contribution in [0, 0.1) is 0 Å².